The zero-order valence-corrected chi connectivity index (χ0v) is 16.3. The Balaban J connectivity index is 2.07. The van der Waals surface area contributed by atoms with Gasteiger partial charge in [0, 0.05) is 30.5 Å². The Labute approximate surface area is 164 Å². The van der Waals surface area contributed by atoms with Gasteiger partial charge in [0.05, 0.1) is 12.8 Å². The number of carbonyl (C=O) groups excluding carboxylic acids is 2. The predicted molar refractivity (Wildman–Crippen MR) is 109 cm³/mol. The average molecular weight is 380 g/mol. The molecule has 0 saturated carbocycles. The van der Waals surface area contributed by atoms with Crippen molar-refractivity contribution in [2.75, 3.05) is 24.4 Å². The van der Waals surface area contributed by atoms with Gasteiger partial charge in [-0.1, -0.05) is 24.8 Å². The van der Waals surface area contributed by atoms with Crippen molar-refractivity contribution in [1.29, 1.82) is 0 Å². The molecule has 0 aromatic heterocycles. The molecule has 1 aliphatic heterocycles. The number of carbonyl (C=O) groups is 2. The third kappa shape index (κ3) is 4.17. The molecule has 0 radical (unpaired) electrons. The molecule has 2 aromatic rings. The third-order valence-electron chi connectivity index (χ3n) is 4.49. The second kappa shape index (κ2) is 8.17. The second-order valence-electron chi connectivity index (χ2n) is 6.91. The van der Waals surface area contributed by atoms with E-state index in [1.807, 2.05) is 37.3 Å². The van der Waals surface area contributed by atoms with Gasteiger partial charge in [0.2, 0.25) is 11.8 Å². The monoisotopic (exact) mass is 380 g/mol. The summed E-state index contributed by atoms with van der Waals surface area (Å²) < 4.78 is 11.4. The van der Waals surface area contributed by atoms with E-state index >= 15 is 0 Å². The fraction of sp³-hybridized carbons (Fsp3) is 0.273. The molecule has 146 valence electrons. The molecule has 3 rings (SSSR count). The van der Waals surface area contributed by atoms with Gasteiger partial charge in [-0.05, 0) is 36.3 Å². The van der Waals surface area contributed by atoms with Crippen molar-refractivity contribution in [2.45, 2.75) is 26.2 Å². The molecule has 28 heavy (non-hydrogen) atoms. The molecule has 1 aliphatic rings. The molecule has 2 amide bonds. The lowest BCUT2D eigenvalue weighted by Gasteiger charge is -2.28. The largest absolute Gasteiger partial charge is 0.495 e. The molecule has 0 saturated heterocycles. The first-order valence-electron chi connectivity index (χ1n) is 9.04. The summed E-state index contributed by atoms with van der Waals surface area (Å²) in [6.45, 7) is 7.62. The fourth-order valence-electron chi connectivity index (χ4n) is 3.32. The van der Waals surface area contributed by atoms with Crippen molar-refractivity contribution in [3.8, 4) is 11.5 Å². The summed E-state index contributed by atoms with van der Waals surface area (Å²) in [5.74, 6) is 0.767. The summed E-state index contributed by atoms with van der Waals surface area (Å²) >= 11 is 0. The van der Waals surface area contributed by atoms with Gasteiger partial charge >= 0.3 is 0 Å². The Bertz CT molecular complexity index is 936. The minimum atomic E-state index is -0.213. The van der Waals surface area contributed by atoms with Crippen molar-refractivity contribution in [3.63, 3.8) is 0 Å². The SMILES string of the molecule is C=C(C)COc1ccccc1[C@@H]1CC(=O)Nc2cc(NC(C)=O)c(OC)cc21. The molecule has 6 nitrogen and oxygen atoms in total. The third-order valence-corrected chi connectivity index (χ3v) is 4.49. The van der Waals surface area contributed by atoms with Crippen LogP contribution < -0.4 is 20.1 Å². The molecule has 2 N–H and O–H groups in total. The minimum Gasteiger partial charge on any atom is -0.495 e. The van der Waals surface area contributed by atoms with Crippen molar-refractivity contribution >= 4 is 23.2 Å². The number of methoxy groups -OCH3 is 1. The average Bonchev–Trinajstić information content (AvgIpc) is 2.65. The topological polar surface area (TPSA) is 76.7 Å². The predicted octanol–water partition coefficient (Wildman–Crippen LogP) is 4.08. The molecule has 0 spiro atoms. The van der Waals surface area contributed by atoms with Crippen LogP contribution in [0.2, 0.25) is 0 Å². The molecule has 0 bridgehead atoms. The van der Waals surface area contributed by atoms with Crippen molar-refractivity contribution < 1.29 is 19.1 Å². The number of rotatable bonds is 6. The Morgan fingerprint density at radius 3 is 2.64 bits per heavy atom. The first-order valence-corrected chi connectivity index (χ1v) is 9.04. The molecular weight excluding hydrogens is 356 g/mol. The number of nitrogens with one attached hydrogen (secondary N) is 2. The van der Waals surface area contributed by atoms with Gasteiger partial charge in [-0.25, -0.2) is 0 Å². The highest BCUT2D eigenvalue weighted by atomic mass is 16.5. The number of fused-ring (bicyclic) bond motifs is 1. The molecule has 1 heterocycles. The normalized spacial score (nSPS) is 15.2. The number of benzene rings is 2. The summed E-state index contributed by atoms with van der Waals surface area (Å²) in [7, 11) is 1.55. The molecule has 0 fully saturated rings. The van der Waals surface area contributed by atoms with Gasteiger partial charge in [-0.15, -0.1) is 0 Å². The Morgan fingerprint density at radius 1 is 1.21 bits per heavy atom. The number of anilines is 2. The summed E-state index contributed by atoms with van der Waals surface area (Å²) in [5, 5.41) is 5.63. The summed E-state index contributed by atoms with van der Waals surface area (Å²) in [4.78, 5) is 23.9. The number of ether oxygens (including phenoxy) is 2. The van der Waals surface area contributed by atoms with Crippen LogP contribution in [0.25, 0.3) is 0 Å². The lowest BCUT2D eigenvalue weighted by Crippen LogP contribution is -2.24. The van der Waals surface area contributed by atoms with Crippen LogP contribution in [0.4, 0.5) is 11.4 Å². The number of amides is 2. The van der Waals surface area contributed by atoms with Crippen LogP contribution in [0.1, 0.15) is 37.3 Å². The lowest BCUT2D eigenvalue weighted by molar-refractivity contribution is -0.116. The summed E-state index contributed by atoms with van der Waals surface area (Å²) in [6.07, 6.45) is 0.295. The summed E-state index contributed by atoms with van der Waals surface area (Å²) in [6, 6.07) is 11.3. The van der Waals surface area contributed by atoms with Crippen LogP contribution in [-0.4, -0.2) is 25.5 Å². The lowest BCUT2D eigenvalue weighted by atomic mass is 9.84. The van der Waals surface area contributed by atoms with Gasteiger partial charge < -0.3 is 20.1 Å². The van der Waals surface area contributed by atoms with Crippen LogP contribution in [0.15, 0.2) is 48.6 Å². The van der Waals surface area contributed by atoms with Crippen LogP contribution in [0, 0.1) is 0 Å². The van der Waals surface area contributed by atoms with E-state index in [1.165, 1.54) is 6.92 Å². The van der Waals surface area contributed by atoms with Gasteiger partial charge in [0.15, 0.2) is 0 Å². The maximum atomic E-state index is 12.4. The molecule has 2 aromatic carbocycles. The van der Waals surface area contributed by atoms with E-state index in [0.717, 1.165) is 22.4 Å². The number of hydrogen-bond acceptors (Lipinski definition) is 4. The van der Waals surface area contributed by atoms with Crippen LogP contribution >= 0.6 is 0 Å². The summed E-state index contributed by atoms with van der Waals surface area (Å²) in [5.41, 5.74) is 3.92. The molecule has 0 unspecified atom stereocenters. The quantitative estimate of drug-likeness (QED) is 0.740. The van der Waals surface area contributed by atoms with Gasteiger partial charge in [-0.3, -0.25) is 9.59 Å². The van der Waals surface area contributed by atoms with Crippen LogP contribution in [-0.2, 0) is 9.59 Å². The molecular formula is C22H24N2O4. The van der Waals surface area contributed by atoms with Crippen LogP contribution in [0.5, 0.6) is 11.5 Å². The minimum absolute atomic E-state index is 0.0915. The smallest absolute Gasteiger partial charge is 0.225 e. The highest BCUT2D eigenvalue weighted by Crippen LogP contribution is 2.44. The second-order valence-corrected chi connectivity index (χ2v) is 6.91. The van der Waals surface area contributed by atoms with Gasteiger partial charge in [0.1, 0.15) is 18.1 Å². The van der Waals surface area contributed by atoms with Gasteiger partial charge in [-0.2, -0.15) is 0 Å². The highest BCUT2D eigenvalue weighted by Gasteiger charge is 2.30. The van der Waals surface area contributed by atoms with Crippen LogP contribution in [0.3, 0.4) is 0 Å². The van der Waals surface area contributed by atoms with E-state index in [0.29, 0.717) is 30.2 Å². The first-order chi connectivity index (χ1) is 13.4. The van der Waals surface area contributed by atoms with Gasteiger partial charge in [0.25, 0.3) is 0 Å². The van der Waals surface area contributed by atoms with E-state index in [2.05, 4.69) is 17.2 Å². The fourth-order valence-corrected chi connectivity index (χ4v) is 3.32. The maximum Gasteiger partial charge on any atom is 0.225 e. The van der Waals surface area contributed by atoms with E-state index in [1.54, 1.807) is 13.2 Å². The Kier molecular flexibility index (Phi) is 5.68. The Hall–Kier alpha value is -3.28. The number of hydrogen-bond donors (Lipinski definition) is 2. The molecule has 1 atom stereocenters. The standard InChI is InChI=1S/C22H24N2O4/c1-13(2)12-28-20-8-6-5-7-15(20)16-10-22(26)24-18-11-19(23-14(3)25)21(27-4)9-17(16)18/h5-9,11,16H,1,10,12H2,2-4H3,(H,23,25)(H,24,26)/t16-/m0/s1. The van der Waals surface area contributed by atoms with Crippen molar-refractivity contribution in [2.24, 2.45) is 0 Å². The zero-order chi connectivity index (χ0) is 20.3. The van der Waals surface area contributed by atoms with Crippen molar-refractivity contribution in [3.05, 3.63) is 59.7 Å². The zero-order valence-electron chi connectivity index (χ0n) is 16.3. The van der Waals surface area contributed by atoms with E-state index in [4.69, 9.17) is 9.47 Å². The van der Waals surface area contributed by atoms with Crippen molar-refractivity contribution in [1.82, 2.24) is 0 Å². The van der Waals surface area contributed by atoms with E-state index < -0.39 is 0 Å². The Morgan fingerprint density at radius 2 is 1.96 bits per heavy atom. The van der Waals surface area contributed by atoms with E-state index in [9.17, 15) is 9.59 Å². The highest BCUT2D eigenvalue weighted by molar-refractivity contribution is 5.98. The first kappa shape index (κ1) is 19.5. The van der Waals surface area contributed by atoms with E-state index in [-0.39, 0.29) is 17.7 Å². The molecule has 0 aliphatic carbocycles. The maximum absolute atomic E-state index is 12.4. The number of para-hydroxylation sites is 1. The molecule has 6 heteroatoms.